The van der Waals surface area contributed by atoms with E-state index < -0.39 is 16.1 Å². The van der Waals surface area contributed by atoms with Crippen molar-refractivity contribution < 1.29 is 13.2 Å². The molecule has 27 heavy (non-hydrogen) atoms. The lowest BCUT2D eigenvalue weighted by Crippen LogP contribution is -2.47. The zero-order valence-corrected chi connectivity index (χ0v) is 17.9. The highest BCUT2D eigenvalue weighted by Gasteiger charge is 2.32. The zero-order chi connectivity index (χ0) is 20.2. The van der Waals surface area contributed by atoms with Gasteiger partial charge in [0, 0.05) is 10.6 Å². The fourth-order valence-corrected chi connectivity index (χ4v) is 4.64. The van der Waals surface area contributed by atoms with E-state index in [2.05, 4.69) is 5.32 Å². The summed E-state index contributed by atoms with van der Waals surface area (Å²) in [5.74, 6) is -0.345. The van der Waals surface area contributed by atoms with Crippen LogP contribution in [0, 0.1) is 13.8 Å². The second-order valence-electron chi connectivity index (χ2n) is 6.49. The number of hydrogen-bond donors (Lipinski definition) is 1. The molecule has 146 valence electrons. The summed E-state index contributed by atoms with van der Waals surface area (Å²) in [5, 5.41) is 2.87. The number of carbonyl (C=O) groups is 1. The molecule has 2 aromatic carbocycles. The molecule has 0 spiro atoms. The molecular formula is C20H26N2O3S2. The molecule has 0 aliphatic heterocycles. The summed E-state index contributed by atoms with van der Waals surface area (Å²) in [6, 6.07) is 12.3. The van der Waals surface area contributed by atoms with Crippen molar-refractivity contribution in [2.45, 2.75) is 38.1 Å². The molecule has 0 saturated heterocycles. The Morgan fingerprint density at radius 1 is 1.19 bits per heavy atom. The van der Waals surface area contributed by atoms with Gasteiger partial charge in [0.15, 0.2) is 0 Å². The highest BCUT2D eigenvalue weighted by atomic mass is 32.2. The Labute approximate surface area is 166 Å². The Hall–Kier alpha value is -1.99. The molecule has 0 aromatic heterocycles. The first-order chi connectivity index (χ1) is 12.7. The van der Waals surface area contributed by atoms with E-state index >= 15 is 0 Å². The van der Waals surface area contributed by atoms with Gasteiger partial charge in [-0.15, -0.1) is 11.8 Å². The van der Waals surface area contributed by atoms with Crippen molar-refractivity contribution >= 4 is 39.1 Å². The third-order valence-corrected chi connectivity index (χ3v) is 6.16. The van der Waals surface area contributed by atoms with Crippen molar-refractivity contribution in [3.8, 4) is 0 Å². The number of anilines is 2. The van der Waals surface area contributed by atoms with Crippen LogP contribution < -0.4 is 9.62 Å². The highest BCUT2D eigenvalue weighted by molar-refractivity contribution is 7.98. The molecule has 2 aromatic rings. The fraction of sp³-hybridized carbons (Fsp3) is 0.350. The van der Waals surface area contributed by atoms with Gasteiger partial charge in [0.1, 0.15) is 6.04 Å². The predicted octanol–water partition coefficient (Wildman–Crippen LogP) is 4.21. The molecule has 0 heterocycles. The Balaban J connectivity index is 2.43. The van der Waals surface area contributed by atoms with Gasteiger partial charge >= 0.3 is 0 Å². The Kier molecular flexibility index (Phi) is 6.95. The standard InChI is InChI=1S/C20H26N2O3S2/c1-6-18(20(23)21-16-8-7-9-17(13-16)26-4)22(27(5,24)25)19-12-14(2)10-11-15(19)3/h7-13,18H,6H2,1-5H3,(H,21,23)/t18-/m0/s1. The lowest BCUT2D eigenvalue weighted by atomic mass is 10.1. The molecular weight excluding hydrogens is 380 g/mol. The minimum Gasteiger partial charge on any atom is -0.324 e. The van der Waals surface area contributed by atoms with Crippen molar-refractivity contribution in [2.24, 2.45) is 0 Å². The van der Waals surface area contributed by atoms with Crippen LogP contribution in [0.15, 0.2) is 47.4 Å². The Morgan fingerprint density at radius 3 is 2.48 bits per heavy atom. The van der Waals surface area contributed by atoms with Crippen LogP contribution >= 0.6 is 11.8 Å². The maximum Gasteiger partial charge on any atom is 0.248 e. The molecule has 2 rings (SSSR count). The minimum absolute atomic E-state index is 0.345. The van der Waals surface area contributed by atoms with Gasteiger partial charge < -0.3 is 5.32 Å². The van der Waals surface area contributed by atoms with E-state index in [1.807, 2.05) is 57.4 Å². The number of nitrogens with one attached hydrogen (secondary N) is 1. The lowest BCUT2D eigenvalue weighted by molar-refractivity contribution is -0.117. The predicted molar refractivity (Wildman–Crippen MR) is 114 cm³/mol. The van der Waals surface area contributed by atoms with Crippen LogP contribution in [0.1, 0.15) is 24.5 Å². The molecule has 0 unspecified atom stereocenters. The van der Waals surface area contributed by atoms with Crippen LogP contribution in [0.4, 0.5) is 11.4 Å². The molecule has 1 atom stereocenters. The van der Waals surface area contributed by atoms with Crippen LogP contribution in [0.3, 0.4) is 0 Å². The second kappa shape index (κ2) is 8.80. The second-order valence-corrected chi connectivity index (χ2v) is 9.23. The largest absolute Gasteiger partial charge is 0.324 e. The maximum absolute atomic E-state index is 13.0. The molecule has 7 heteroatoms. The number of benzene rings is 2. The molecule has 0 fully saturated rings. The van der Waals surface area contributed by atoms with E-state index in [9.17, 15) is 13.2 Å². The number of aryl methyl sites for hydroxylation is 2. The van der Waals surface area contributed by atoms with E-state index in [1.54, 1.807) is 23.9 Å². The first kappa shape index (κ1) is 21.3. The number of nitrogens with zero attached hydrogens (tertiary/aromatic N) is 1. The van der Waals surface area contributed by atoms with Crippen LogP contribution in [0.25, 0.3) is 0 Å². The van der Waals surface area contributed by atoms with Gasteiger partial charge in [-0.1, -0.05) is 25.1 Å². The van der Waals surface area contributed by atoms with E-state index in [4.69, 9.17) is 0 Å². The number of sulfonamides is 1. The van der Waals surface area contributed by atoms with Crippen molar-refractivity contribution in [3.05, 3.63) is 53.6 Å². The molecule has 0 radical (unpaired) electrons. The fourth-order valence-electron chi connectivity index (χ4n) is 2.92. The highest BCUT2D eigenvalue weighted by Crippen LogP contribution is 2.28. The van der Waals surface area contributed by atoms with Crippen LogP contribution in [-0.4, -0.2) is 32.9 Å². The summed E-state index contributed by atoms with van der Waals surface area (Å²) >= 11 is 1.58. The summed E-state index contributed by atoms with van der Waals surface area (Å²) in [5.41, 5.74) is 2.94. The first-order valence-corrected chi connectivity index (χ1v) is 11.8. The summed E-state index contributed by atoms with van der Waals surface area (Å²) in [4.78, 5) is 14.0. The number of thioether (sulfide) groups is 1. The average molecular weight is 407 g/mol. The quantitative estimate of drug-likeness (QED) is 0.700. The number of amides is 1. The number of rotatable bonds is 7. The summed E-state index contributed by atoms with van der Waals surface area (Å²) in [7, 11) is -3.65. The zero-order valence-electron chi connectivity index (χ0n) is 16.3. The molecule has 1 N–H and O–H groups in total. The SMILES string of the molecule is CC[C@@H](C(=O)Nc1cccc(SC)c1)N(c1cc(C)ccc1C)S(C)(=O)=O. The van der Waals surface area contributed by atoms with Crippen molar-refractivity contribution in [2.75, 3.05) is 22.1 Å². The lowest BCUT2D eigenvalue weighted by Gasteiger charge is -2.31. The Bertz CT molecular complexity index is 927. The van der Waals surface area contributed by atoms with Crippen LogP contribution in [0.2, 0.25) is 0 Å². The number of carbonyl (C=O) groups excluding carboxylic acids is 1. The van der Waals surface area contributed by atoms with E-state index in [0.29, 0.717) is 17.8 Å². The van der Waals surface area contributed by atoms with Gasteiger partial charge in [0.05, 0.1) is 11.9 Å². The van der Waals surface area contributed by atoms with Crippen LogP contribution in [0.5, 0.6) is 0 Å². The maximum atomic E-state index is 13.0. The summed E-state index contributed by atoms with van der Waals surface area (Å²) in [6.45, 7) is 5.56. The van der Waals surface area contributed by atoms with E-state index in [1.165, 1.54) is 4.31 Å². The van der Waals surface area contributed by atoms with Gasteiger partial charge in [-0.25, -0.2) is 8.42 Å². The summed E-state index contributed by atoms with van der Waals surface area (Å²) in [6.07, 6.45) is 3.45. The van der Waals surface area contributed by atoms with Gasteiger partial charge in [0.2, 0.25) is 15.9 Å². The van der Waals surface area contributed by atoms with Gasteiger partial charge in [-0.05, 0) is 61.9 Å². The number of hydrogen-bond acceptors (Lipinski definition) is 4. The third kappa shape index (κ3) is 5.26. The summed E-state index contributed by atoms with van der Waals surface area (Å²) < 4.78 is 26.4. The van der Waals surface area contributed by atoms with Crippen LogP contribution in [-0.2, 0) is 14.8 Å². The van der Waals surface area contributed by atoms with Crippen molar-refractivity contribution in [1.29, 1.82) is 0 Å². The average Bonchev–Trinajstić information content (AvgIpc) is 2.61. The third-order valence-electron chi connectivity index (χ3n) is 4.27. The van der Waals surface area contributed by atoms with Gasteiger partial charge in [0.25, 0.3) is 0 Å². The van der Waals surface area contributed by atoms with Crippen molar-refractivity contribution in [3.63, 3.8) is 0 Å². The Morgan fingerprint density at radius 2 is 1.89 bits per heavy atom. The molecule has 0 aliphatic carbocycles. The normalized spacial score (nSPS) is 12.5. The molecule has 1 amide bonds. The van der Waals surface area contributed by atoms with Gasteiger partial charge in [-0.2, -0.15) is 0 Å². The molecule has 0 aliphatic rings. The molecule has 0 bridgehead atoms. The topological polar surface area (TPSA) is 66.5 Å². The molecule has 5 nitrogen and oxygen atoms in total. The minimum atomic E-state index is -3.65. The van der Waals surface area contributed by atoms with E-state index in [-0.39, 0.29) is 5.91 Å². The van der Waals surface area contributed by atoms with E-state index in [0.717, 1.165) is 22.3 Å². The first-order valence-electron chi connectivity index (χ1n) is 8.69. The monoisotopic (exact) mass is 406 g/mol. The smallest absolute Gasteiger partial charge is 0.248 e. The molecule has 0 saturated carbocycles. The van der Waals surface area contributed by atoms with Gasteiger partial charge in [-0.3, -0.25) is 9.10 Å². The van der Waals surface area contributed by atoms with Crippen molar-refractivity contribution in [1.82, 2.24) is 0 Å².